The first kappa shape index (κ1) is 16.1. The number of amides is 1. The van der Waals surface area contributed by atoms with E-state index in [2.05, 4.69) is 60.1 Å². The van der Waals surface area contributed by atoms with Crippen LogP contribution in [0.2, 0.25) is 0 Å². The number of fused-ring (bicyclic) bond motifs is 1. The quantitative estimate of drug-likeness (QED) is 0.732. The largest absolute Gasteiger partial charge is 0.384 e. The number of carbonyl (C=O) groups excluding carboxylic acids is 1. The molecule has 2 aromatic heterocycles. The van der Waals surface area contributed by atoms with Gasteiger partial charge in [0.1, 0.15) is 0 Å². The third-order valence-electron chi connectivity index (χ3n) is 4.39. The highest BCUT2D eigenvalue weighted by Crippen LogP contribution is 2.30. The number of pyridine rings is 1. The van der Waals surface area contributed by atoms with Gasteiger partial charge >= 0.3 is 0 Å². The summed E-state index contributed by atoms with van der Waals surface area (Å²) in [5.74, 6) is -0.303. The van der Waals surface area contributed by atoms with E-state index >= 15 is 0 Å². The first-order valence-corrected chi connectivity index (χ1v) is 8.29. The lowest BCUT2D eigenvalue weighted by molar-refractivity contribution is -0.117. The molecule has 1 amide bonds. The number of anilines is 1. The van der Waals surface area contributed by atoms with Crippen LogP contribution in [0.5, 0.6) is 0 Å². The number of nitrogens with one attached hydrogen (secondary N) is 1. The van der Waals surface area contributed by atoms with Crippen molar-refractivity contribution < 1.29 is 4.79 Å². The summed E-state index contributed by atoms with van der Waals surface area (Å²) in [5, 5.41) is 3.40. The molecule has 0 bridgehead atoms. The maximum atomic E-state index is 11.6. The Morgan fingerprint density at radius 1 is 1.17 bits per heavy atom. The average molecular weight is 321 g/mol. The summed E-state index contributed by atoms with van der Waals surface area (Å²) >= 11 is 0. The van der Waals surface area contributed by atoms with E-state index in [0.29, 0.717) is 0 Å². The van der Waals surface area contributed by atoms with Crippen LogP contribution in [-0.4, -0.2) is 16.9 Å². The topological polar surface area (TPSA) is 59.5 Å². The Labute approximate surface area is 142 Å². The molecule has 0 spiro atoms. The maximum Gasteiger partial charge on any atom is 0.221 e. The second-order valence-corrected chi connectivity index (χ2v) is 6.03. The fourth-order valence-electron chi connectivity index (χ4n) is 3.30. The molecule has 1 aromatic carbocycles. The van der Waals surface area contributed by atoms with Gasteiger partial charge in [-0.3, -0.25) is 4.79 Å². The third-order valence-corrected chi connectivity index (χ3v) is 4.39. The zero-order valence-corrected chi connectivity index (χ0v) is 14.2. The van der Waals surface area contributed by atoms with Crippen molar-refractivity contribution >= 4 is 17.1 Å². The predicted molar refractivity (Wildman–Crippen MR) is 98.4 cm³/mol. The molecule has 0 atom stereocenters. The van der Waals surface area contributed by atoms with Crippen LogP contribution in [0.15, 0.2) is 48.7 Å². The van der Waals surface area contributed by atoms with E-state index in [1.165, 1.54) is 11.3 Å². The van der Waals surface area contributed by atoms with Gasteiger partial charge in [-0.25, -0.2) is 0 Å². The SMILES string of the molecule is CCNc1cccn2c(Cc3ccccc3)c(C)c(CC(N)=O)c12. The molecule has 0 aliphatic heterocycles. The molecule has 3 rings (SSSR count). The molecule has 24 heavy (non-hydrogen) atoms. The number of aromatic nitrogens is 1. The summed E-state index contributed by atoms with van der Waals surface area (Å²) < 4.78 is 2.19. The fourth-order valence-corrected chi connectivity index (χ4v) is 3.30. The molecule has 0 saturated carbocycles. The molecule has 0 unspecified atom stereocenters. The zero-order valence-electron chi connectivity index (χ0n) is 14.2. The van der Waals surface area contributed by atoms with E-state index in [4.69, 9.17) is 5.73 Å². The normalized spacial score (nSPS) is 10.9. The lowest BCUT2D eigenvalue weighted by Gasteiger charge is -2.09. The van der Waals surface area contributed by atoms with Crippen molar-refractivity contribution in [3.63, 3.8) is 0 Å². The Kier molecular flexibility index (Phi) is 4.56. The van der Waals surface area contributed by atoms with Gasteiger partial charge in [0, 0.05) is 24.9 Å². The zero-order chi connectivity index (χ0) is 17.1. The Bertz CT molecular complexity index is 865. The molecule has 0 aliphatic rings. The van der Waals surface area contributed by atoms with Crippen LogP contribution in [0.1, 0.15) is 29.3 Å². The van der Waals surface area contributed by atoms with E-state index in [-0.39, 0.29) is 12.3 Å². The minimum atomic E-state index is -0.303. The number of hydrogen-bond acceptors (Lipinski definition) is 2. The summed E-state index contributed by atoms with van der Waals surface area (Å²) in [6.45, 7) is 4.98. The van der Waals surface area contributed by atoms with Crippen LogP contribution in [0, 0.1) is 6.92 Å². The summed E-state index contributed by atoms with van der Waals surface area (Å²) in [4.78, 5) is 11.6. The number of carbonyl (C=O) groups is 1. The molecule has 0 saturated heterocycles. The second kappa shape index (κ2) is 6.79. The molecular formula is C20H23N3O. The molecule has 0 fully saturated rings. The number of primary amides is 1. The van der Waals surface area contributed by atoms with Gasteiger partial charge in [-0.2, -0.15) is 0 Å². The number of nitrogens with two attached hydrogens (primary N) is 1. The molecule has 124 valence electrons. The van der Waals surface area contributed by atoms with Gasteiger partial charge < -0.3 is 15.5 Å². The molecule has 3 N–H and O–H groups in total. The minimum Gasteiger partial charge on any atom is -0.384 e. The van der Waals surface area contributed by atoms with Gasteiger partial charge in [-0.1, -0.05) is 30.3 Å². The third kappa shape index (κ3) is 3.00. The Morgan fingerprint density at radius 2 is 1.92 bits per heavy atom. The smallest absolute Gasteiger partial charge is 0.221 e. The van der Waals surface area contributed by atoms with E-state index in [1.807, 2.05) is 12.1 Å². The van der Waals surface area contributed by atoms with Crippen molar-refractivity contribution in [2.24, 2.45) is 5.73 Å². The number of hydrogen-bond donors (Lipinski definition) is 2. The molecule has 3 aromatic rings. The van der Waals surface area contributed by atoms with Crippen molar-refractivity contribution in [1.82, 2.24) is 4.40 Å². The van der Waals surface area contributed by atoms with Crippen LogP contribution >= 0.6 is 0 Å². The average Bonchev–Trinajstić information content (AvgIpc) is 2.82. The molecule has 0 aliphatic carbocycles. The van der Waals surface area contributed by atoms with Gasteiger partial charge in [0.2, 0.25) is 5.91 Å². The second-order valence-electron chi connectivity index (χ2n) is 6.03. The number of benzene rings is 1. The standard InChI is InChI=1S/C20H23N3O/c1-3-22-17-10-7-11-23-18(12-15-8-5-4-6-9-15)14(2)16(20(17)23)13-19(21)24/h4-11,22H,3,12-13H2,1-2H3,(H2,21,24). The fraction of sp³-hybridized carbons (Fsp3) is 0.250. The minimum absolute atomic E-state index is 0.256. The van der Waals surface area contributed by atoms with Gasteiger partial charge in [0.25, 0.3) is 0 Å². The highest BCUT2D eigenvalue weighted by Gasteiger charge is 2.19. The molecule has 2 heterocycles. The van der Waals surface area contributed by atoms with Crippen molar-refractivity contribution in [3.05, 3.63) is 71.0 Å². The first-order valence-electron chi connectivity index (χ1n) is 8.29. The van der Waals surface area contributed by atoms with E-state index < -0.39 is 0 Å². The molecule has 0 radical (unpaired) electrons. The number of rotatable bonds is 6. The van der Waals surface area contributed by atoms with E-state index in [0.717, 1.165) is 35.3 Å². The van der Waals surface area contributed by atoms with Crippen LogP contribution < -0.4 is 11.1 Å². The van der Waals surface area contributed by atoms with Gasteiger partial charge in [-0.05, 0) is 42.7 Å². The summed E-state index contributed by atoms with van der Waals surface area (Å²) in [7, 11) is 0. The van der Waals surface area contributed by atoms with Crippen molar-refractivity contribution in [2.45, 2.75) is 26.7 Å². The van der Waals surface area contributed by atoms with Gasteiger partial charge in [0.15, 0.2) is 0 Å². The monoisotopic (exact) mass is 321 g/mol. The highest BCUT2D eigenvalue weighted by atomic mass is 16.1. The first-order chi connectivity index (χ1) is 11.6. The van der Waals surface area contributed by atoms with Gasteiger partial charge in [-0.15, -0.1) is 0 Å². The highest BCUT2D eigenvalue weighted by molar-refractivity contribution is 5.86. The predicted octanol–water partition coefficient (Wildman–Crippen LogP) is 3.30. The van der Waals surface area contributed by atoms with Gasteiger partial charge in [0.05, 0.1) is 17.6 Å². The lowest BCUT2D eigenvalue weighted by atomic mass is 10.0. The summed E-state index contributed by atoms with van der Waals surface area (Å²) in [6, 6.07) is 14.5. The van der Waals surface area contributed by atoms with Crippen LogP contribution in [0.3, 0.4) is 0 Å². The van der Waals surface area contributed by atoms with E-state index in [9.17, 15) is 4.79 Å². The molecular weight excluding hydrogens is 298 g/mol. The lowest BCUT2D eigenvalue weighted by Crippen LogP contribution is -2.14. The van der Waals surface area contributed by atoms with E-state index in [1.54, 1.807) is 0 Å². The van der Waals surface area contributed by atoms with Crippen LogP contribution in [-0.2, 0) is 17.6 Å². The van der Waals surface area contributed by atoms with Crippen LogP contribution in [0.25, 0.3) is 5.52 Å². The van der Waals surface area contributed by atoms with Crippen molar-refractivity contribution in [1.29, 1.82) is 0 Å². The Hall–Kier alpha value is -2.75. The number of nitrogens with zero attached hydrogens (tertiary/aromatic N) is 1. The molecule has 4 nitrogen and oxygen atoms in total. The summed E-state index contributed by atoms with van der Waals surface area (Å²) in [5.41, 5.74) is 12.2. The summed E-state index contributed by atoms with van der Waals surface area (Å²) in [6.07, 6.45) is 3.14. The van der Waals surface area contributed by atoms with Crippen molar-refractivity contribution in [2.75, 3.05) is 11.9 Å². The molecule has 4 heteroatoms. The Balaban J connectivity index is 2.20. The maximum absolute atomic E-state index is 11.6. The van der Waals surface area contributed by atoms with Crippen molar-refractivity contribution in [3.8, 4) is 0 Å². The Morgan fingerprint density at radius 3 is 2.58 bits per heavy atom. The van der Waals surface area contributed by atoms with Crippen LogP contribution in [0.4, 0.5) is 5.69 Å².